The van der Waals surface area contributed by atoms with E-state index >= 15 is 0 Å². The summed E-state index contributed by atoms with van der Waals surface area (Å²) in [6.07, 6.45) is 2.77. The van der Waals surface area contributed by atoms with Gasteiger partial charge in [0.05, 0.1) is 4.92 Å². The van der Waals surface area contributed by atoms with Gasteiger partial charge in [-0.3, -0.25) is 10.1 Å². The fourth-order valence-electron chi connectivity index (χ4n) is 2.45. The lowest BCUT2D eigenvalue weighted by molar-refractivity contribution is -0.384. The molecule has 0 saturated carbocycles. The van der Waals surface area contributed by atoms with Crippen molar-refractivity contribution in [2.75, 3.05) is 11.4 Å². The molecule has 0 atom stereocenters. The summed E-state index contributed by atoms with van der Waals surface area (Å²) in [5.41, 5.74) is 3.57. The summed E-state index contributed by atoms with van der Waals surface area (Å²) in [4.78, 5) is 16.8. The van der Waals surface area contributed by atoms with Gasteiger partial charge in [-0.05, 0) is 42.7 Å². The van der Waals surface area contributed by atoms with Crippen LogP contribution >= 0.6 is 0 Å². The number of hydrogen-bond acceptors (Lipinski definition) is 4. The Bertz CT molecular complexity index is 638. The molecule has 0 aliphatic carbocycles. The molecule has 5 heteroatoms. The Morgan fingerprint density at radius 3 is 2.68 bits per heavy atom. The van der Waals surface area contributed by atoms with Gasteiger partial charge in [0.25, 0.3) is 5.69 Å². The maximum Gasteiger partial charge on any atom is 0.269 e. The molecule has 0 saturated heterocycles. The number of non-ortho nitro benzene ring substituents is 1. The molecule has 3 rings (SSSR count). The molecule has 1 aliphatic heterocycles. The Morgan fingerprint density at radius 2 is 2.00 bits per heavy atom. The number of nitrogens with zero attached hydrogens (tertiary/aromatic N) is 3. The van der Waals surface area contributed by atoms with Crippen molar-refractivity contribution >= 4 is 17.2 Å². The van der Waals surface area contributed by atoms with Crippen LogP contribution in [0.15, 0.2) is 36.5 Å². The Kier molecular flexibility index (Phi) is 2.67. The summed E-state index contributed by atoms with van der Waals surface area (Å²) in [5, 5.41) is 10.7. The zero-order chi connectivity index (χ0) is 13.4. The number of aryl methyl sites for hydroxylation is 1. The summed E-state index contributed by atoms with van der Waals surface area (Å²) >= 11 is 0. The molecular formula is C14H13N3O2. The number of pyridine rings is 1. The number of nitro groups is 1. The maximum atomic E-state index is 10.7. The lowest BCUT2D eigenvalue weighted by Gasteiger charge is -2.18. The average Bonchev–Trinajstić information content (AvgIpc) is 2.84. The van der Waals surface area contributed by atoms with E-state index in [-0.39, 0.29) is 10.6 Å². The van der Waals surface area contributed by atoms with Crippen LogP contribution < -0.4 is 4.90 Å². The van der Waals surface area contributed by atoms with E-state index < -0.39 is 0 Å². The summed E-state index contributed by atoms with van der Waals surface area (Å²) in [7, 11) is 0. The molecule has 0 unspecified atom stereocenters. The van der Waals surface area contributed by atoms with Crippen molar-refractivity contribution in [3.05, 3.63) is 57.8 Å². The lowest BCUT2D eigenvalue weighted by atomic mass is 10.1. The van der Waals surface area contributed by atoms with E-state index in [0.717, 1.165) is 24.5 Å². The molecule has 5 nitrogen and oxygen atoms in total. The van der Waals surface area contributed by atoms with Crippen LogP contribution in [0.2, 0.25) is 0 Å². The first-order valence-corrected chi connectivity index (χ1v) is 6.13. The van der Waals surface area contributed by atoms with Crippen molar-refractivity contribution in [2.24, 2.45) is 0 Å². The number of fused-ring (bicyclic) bond motifs is 1. The molecule has 1 aromatic heterocycles. The van der Waals surface area contributed by atoms with Crippen LogP contribution in [-0.4, -0.2) is 16.5 Å². The Labute approximate surface area is 110 Å². The normalized spacial score (nSPS) is 13.4. The van der Waals surface area contributed by atoms with Crippen LogP contribution in [0, 0.1) is 17.0 Å². The molecule has 0 N–H and O–H groups in total. The zero-order valence-corrected chi connectivity index (χ0v) is 10.5. The smallest absolute Gasteiger partial charge is 0.269 e. The first-order chi connectivity index (χ1) is 9.16. The molecule has 0 bridgehead atoms. The largest absolute Gasteiger partial charge is 0.326 e. The zero-order valence-electron chi connectivity index (χ0n) is 10.5. The van der Waals surface area contributed by atoms with Gasteiger partial charge in [-0.2, -0.15) is 0 Å². The number of benzene rings is 1. The van der Waals surface area contributed by atoms with E-state index in [1.807, 2.05) is 6.07 Å². The van der Waals surface area contributed by atoms with Crippen molar-refractivity contribution in [2.45, 2.75) is 13.3 Å². The minimum absolute atomic E-state index is 0.111. The van der Waals surface area contributed by atoms with Crippen molar-refractivity contribution < 1.29 is 4.92 Å². The molecule has 2 heterocycles. The van der Waals surface area contributed by atoms with Crippen LogP contribution in [0.25, 0.3) is 0 Å². The molecule has 0 fully saturated rings. The van der Waals surface area contributed by atoms with Gasteiger partial charge in [-0.25, -0.2) is 4.98 Å². The maximum absolute atomic E-state index is 10.7. The number of anilines is 2. The molecule has 0 amide bonds. The summed E-state index contributed by atoms with van der Waals surface area (Å²) in [5.74, 6) is 0.967. The highest BCUT2D eigenvalue weighted by atomic mass is 16.6. The molecule has 1 aliphatic rings. The van der Waals surface area contributed by atoms with Crippen molar-refractivity contribution in [1.82, 2.24) is 4.98 Å². The molecule has 96 valence electrons. The quantitative estimate of drug-likeness (QED) is 0.611. The fourth-order valence-corrected chi connectivity index (χ4v) is 2.45. The van der Waals surface area contributed by atoms with Crippen molar-refractivity contribution in [3.8, 4) is 0 Å². The van der Waals surface area contributed by atoms with Gasteiger partial charge in [0.2, 0.25) is 0 Å². The molecular weight excluding hydrogens is 242 g/mol. The summed E-state index contributed by atoms with van der Waals surface area (Å²) < 4.78 is 0. The van der Waals surface area contributed by atoms with Gasteiger partial charge in [0, 0.05) is 30.6 Å². The van der Waals surface area contributed by atoms with Gasteiger partial charge in [-0.1, -0.05) is 0 Å². The van der Waals surface area contributed by atoms with Crippen LogP contribution in [-0.2, 0) is 6.42 Å². The first kappa shape index (κ1) is 11.6. The fraction of sp³-hybridized carbons (Fsp3) is 0.214. The van der Waals surface area contributed by atoms with E-state index in [0.29, 0.717) is 0 Å². The van der Waals surface area contributed by atoms with E-state index in [2.05, 4.69) is 16.8 Å². The highest BCUT2D eigenvalue weighted by Crippen LogP contribution is 2.34. The molecule has 1 aromatic carbocycles. The van der Waals surface area contributed by atoms with Crippen LogP contribution in [0.4, 0.5) is 17.2 Å². The lowest BCUT2D eigenvalue weighted by Crippen LogP contribution is -2.14. The topological polar surface area (TPSA) is 59.3 Å². The van der Waals surface area contributed by atoms with Gasteiger partial charge in [0.15, 0.2) is 0 Å². The summed E-state index contributed by atoms with van der Waals surface area (Å²) in [6.45, 7) is 2.95. The SMILES string of the molecule is Cc1ccnc2c1CCN2c1ccc([N+](=O)[O-])cc1. The third-order valence-electron chi connectivity index (χ3n) is 3.48. The Hall–Kier alpha value is -2.43. The van der Waals surface area contributed by atoms with Gasteiger partial charge in [-0.15, -0.1) is 0 Å². The van der Waals surface area contributed by atoms with E-state index in [1.165, 1.54) is 23.3 Å². The van der Waals surface area contributed by atoms with E-state index in [4.69, 9.17) is 0 Å². The second kappa shape index (κ2) is 4.35. The molecule has 0 radical (unpaired) electrons. The van der Waals surface area contributed by atoms with Crippen molar-refractivity contribution in [3.63, 3.8) is 0 Å². The predicted molar refractivity (Wildman–Crippen MR) is 72.8 cm³/mol. The van der Waals surface area contributed by atoms with Gasteiger partial charge in [0.1, 0.15) is 5.82 Å². The molecule has 0 spiro atoms. The number of rotatable bonds is 2. The minimum atomic E-state index is -0.385. The van der Waals surface area contributed by atoms with E-state index in [1.54, 1.807) is 18.3 Å². The number of hydrogen-bond donors (Lipinski definition) is 0. The minimum Gasteiger partial charge on any atom is -0.326 e. The third-order valence-corrected chi connectivity index (χ3v) is 3.48. The van der Waals surface area contributed by atoms with Crippen LogP contribution in [0.5, 0.6) is 0 Å². The monoisotopic (exact) mass is 255 g/mol. The third kappa shape index (κ3) is 1.93. The number of nitro benzene ring substituents is 1. The number of aromatic nitrogens is 1. The Morgan fingerprint density at radius 1 is 1.26 bits per heavy atom. The van der Waals surface area contributed by atoms with E-state index in [9.17, 15) is 10.1 Å². The Balaban J connectivity index is 1.97. The average molecular weight is 255 g/mol. The second-order valence-electron chi connectivity index (χ2n) is 4.61. The first-order valence-electron chi connectivity index (χ1n) is 6.13. The molecule has 2 aromatic rings. The van der Waals surface area contributed by atoms with Crippen molar-refractivity contribution in [1.29, 1.82) is 0 Å². The highest BCUT2D eigenvalue weighted by Gasteiger charge is 2.23. The predicted octanol–water partition coefficient (Wildman–Crippen LogP) is 2.99. The molecule has 19 heavy (non-hydrogen) atoms. The van der Waals surface area contributed by atoms with Gasteiger partial charge >= 0.3 is 0 Å². The second-order valence-corrected chi connectivity index (χ2v) is 4.61. The van der Waals surface area contributed by atoms with Crippen LogP contribution in [0.3, 0.4) is 0 Å². The summed E-state index contributed by atoms with van der Waals surface area (Å²) in [6, 6.07) is 8.62. The van der Waals surface area contributed by atoms with Gasteiger partial charge < -0.3 is 4.90 Å². The highest BCUT2D eigenvalue weighted by molar-refractivity contribution is 5.68. The standard InChI is InChI=1S/C14H13N3O2/c1-10-6-8-15-14-13(10)7-9-16(14)11-2-4-12(5-3-11)17(18)19/h2-6,8H,7,9H2,1H3. The van der Waals surface area contributed by atoms with Crippen LogP contribution in [0.1, 0.15) is 11.1 Å².